The van der Waals surface area contributed by atoms with Crippen LogP contribution in [-0.4, -0.2) is 43.5 Å². The molecule has 0 aliphatic carbocycles. The van der Waals surface area contributed by atoms with E-state index in [1.54, 1.807) is 0 Å². The molecule has 3 rings (SSSR count). The summed E-state index contributed by atoms with van der Waals surface area (Å²) >= 11 is 0. The Kier molecular flexibility index (Phi) is 6.58. The molecular formula is C20H22F2N4O4. The van der Waals surface area contributed by atoms with E-state index in [-0.39, 0.29) is 42.3 Å². The van der Waals surface area contributed by atoms with Crippen LogP contribution in [0.25, 0.3) is 11.0 Å². The van der Waals surface area contributed by atoms with E-state index in [9.17, 15) is 23.8 Å². The molecule has 3 N–H and O–H groups in total. The number of halogens is 2. The molecule has 0 saturated heterocycles. The Morgan fingerprint density at radius 3 is 2.67 bits per heavy atom. The van der Waals surface area contributed by atoms with Crippen molar-refractivity contribution in [3.05, 3.63) is 52.5 Å². The van der Waals surface area contributed by atoms with E-state index in [1.165, 1.54) is 23.8 Å². The molecule has 0 fully saturated rings. The summed E-state index contributed by atoms with van der Waals surface area (Å²) in [5, 5.41) is 22.6. The highest BCUT2D eigenvalue weighted by molar-refractivity contribution is 5.77. The Morgan fingerprint density at radius 2 is 2.03 bits per heavy atom. The standard InChI is InChI=1S/C20H22F2N4O4/c1-3-14(10-27)24-20-23-8-12-6-17(30-16-5-4-13(21)7-15(16)22)19(29)26(9-11(2)28)18(12)25-20/h4-8,11,14,27-28H,3,9-10H2,1-2H3,(H,23,24,25)/t11-,14+/m0/s1. The van der Waals surface area contributed by atoms with Gasteiger partial charge in [-0.1, -0.05) is 6.92 Å². The van der Waals surface area contributed by atoms with Crippen molar-refractivity contribution in [2.75, 3.05) is 11.9 Å². The second kappa shape index (κ2) is 9.14. The maximum absolute atomic E-state index is 14.0. The molecule has 0 saturated carbocycles. The first-order valence-corrected chi connectivity index (χ1v) is 9.41. The van der Waals surface area contributed by atoms with Gasteiger partial charge in [0.15, 0.2) is 17.3 Å². The lowest BCUT2D eigenvalue weighted by atomic mass is 10.2. The van der Waals surface area contributed by atoms with E-state index in [0.717, 1.165) is 12.1 Å². The summed E-state index contributed by atoms with van der Waals surface area (Å²) < 4.78 is 33.7. The lowest BCUT2D eigenvalue weighted by Gasteiger charge is -2.17. The van der Waals surface area contributed by atoms with E-state index >= 15 is 0 Å². The first-order chi connectivity index (χ1) is 14.3. The van der Waals surface area contributed by atoms with Crippen molar-refractivity contribution in [3.63, 3.8) is 0 Å². The van der Waals surface area contributed by atoms with Gasteiger partial charge in [-0.3, -0.25) is 9.36 Å². The third-order valence-corrected chi connectivity index (χ3v) is 4.40. The molecule has 10 heteroatoms. The second-order valence-corrected chi connectivity index (χ2v) is 6.85. The number of benzene rings is 1. The lowest BCUT2D eigenvalue weighted by Crippen LogP contribution is -2.28. The quantitative estimate of drug-likeness (QED) is 0.513. The van der Waals surface area contributed by atoms with Gasteiger partial charge in [0.2, 0.25) is 5.95 Å². The van der Waals surface area contributed by atoms with Gasteiger partial charge in [0.1, 0.15) is 11.5 Å². The van der Waals surface area contributed by atoms with Crippen LogP contribution in [0.1, 0.15) is 20.3 Å². The summed E-state index contributed by atoms with van der Waals surface area (Å²) in [6.07, 6.45) is 1.20. The van der Waals surface area contributed by atoms with Gasteiger partial charge in [-0.25, -0.2) is 13.8 Å². The van der Waals surface area contributed by atoms with Gasteiger partial charge in [0, 0.05) is 17.6 Å². The normalized spacial score (nSPS) is 13.3. The Bertz CT molecular complexity index is 1100. The minimum absolute atomic E-state index is 0.0912. The number of aliphatic hydroxyl groups excluding tert-OH is 2. The van der Waals surface area contributed by atoms with Crippen LogP contribution < -0.4 is 15.6 Å². The number of fused-ring (bicyclic) bond motifs is 1. The molecule has 30 heavy (non-hydrogen) atoms. The molecule has 160 valence electrons. The maximum Gasteiger partial charge on any atom is 0.295 e. The Balaban J connectivity index is 2.09. The fourth-order valence-corrected chi connectivity index (χ4v) is 2.84. The first kappa shape index (κ1) is 21.6. The summed E-state index contributed by atoms with van der Waals surface area (Å²) in [5.74, 6) is -2.06. The minimum atomic E-state index is -0.956. The van der Waals surface area contributed by atoms with E-state index in [2.05, 4.69) is 15.3 Å². The van der Waals surface area contributed by atoms with Crippen LogP contribution in [0.15, 0.2) is 35.3 Å². The fourth-order valence-electron chi connectivity index (χ4n) is 2.84. The molecule has 2 atom stereocenters. The van der Waals surface area contributed by atoms with Crippen LogP contribution in [-0.2, 0) is 6.54 Å². The third-order valence-electron chi connectivity index (χ3n) is 4.40. The number of aliphatic hydroxyl groups is 2. The highest BCUT2D eigenvalue weighted by Gasteiger charge is 2.17. The topological polar surface area (TPSA) is 110 Å². The van der Waals surface area contributed by atoms with Crippen molar-refractivity contribution in [1.82, 2.24) is 14.5 Å². The predicted molar refractivity (Wildman–Crippen MR) is 107 cm³/mol. The molecule has 0 bridgehead atoms. The van der Waals surface area contributed by atoms with Gasteiger partial charge in [-0.15, -0.1) is 0 Å². The van der Waals surface area contributed by atoms with E-state index in [4.69, 9.17) is 4.74 Å². The van der Waals surface area contributed by atoms with Gasteiger partial charge in [0.25, 0.3) is 5.56 Å². The summed E-state index contributed by atoms with van der Waals surface area (Å²) in [6, 6.07) is 3.84. The summed E-state index contributed by atoms with van der Waals surface area (Å²) in [7, 11) is 0. The largest absolute Gasteiger partial charge is 0.448 e. The minimum Gasteiger partial charge on any atom is -0.448 e. The average Bonchev–Trinajstić information content (AvgIpc) is 2.71. The van der Waals surface area contributed by atoms with Crippen LogP contribution in [0.4, 0.5) is 14.7 Å². The first-order valence-electron chi connectivity index (χ1n) is 9.41. The lowest BCUT2D eigenvalue weighted by molar-refractivity contribution is 0.173. The zero-order valence-electron chi connectivity index (χ0n) is 16.5. The van der Waals surface area contributed by atoms with Gasteiger partial charge in [0.05, 0.1) is 25.3 Å². The monoisotopic (exact) mass is 420 g/mol. The van der Waals surface area contributed by atoms with Crippen LogP contribution in [0, 0.1) is 11.6 Å². The van der Waals surface area contributed by atoms with Crippen molar-refractivity contribution in [3.8, 4) is 11.5 Å². The van der Waals surface area contributed by atoms with Crippen molar-refractivity contribution in [1.29, 1.82) is 0 Å². The van der Waals surface area contributed by atoms with Crippen molar-refractivity contribution >= 4 is 17.0 Å². The molecule has 8 nitrogen and oxygen atoms in total. The Hall–Kier alpha value is -3.11. The summed E-state index contributed by atoms with van der Waals surface area (Å²) in [6.45, 7) is 3.18. The zero-order chi connectivity index (χ0) is 21.8. The Morgan fingerprint density at radius 1 is 1.27 bits per heavy atom. The second-order valence-electron chi connectivity index (χ2n) is 6.85. The number of anilines is 1. The summed E-state index contributed by atoms with van der Waals surface area (Å²) in [4.78, 5) is 21.5. The van der Waals surface area contributed by atoms with Crippen molar-refractivity contribution in [2.45, 2.75) is 39.0 Å². The van der Waals surface area contributed by atoms with E-state index in [0.29, 0.717) is 17.9 Å². The van der Waals surface area contributed by atoms with Crippen LogP contribution in [0.3, 0.4) is 0 Å². The SMILES string of the molecule is CC[C@H](CO)Nc1ncc2cc(Oc3ccc(F)cc3F)c(=O)n(C[C@H](C)O)c2n1. The maximum atomic E-state index is 14.0. The van der Waals surface area contributed by atoms with Gasteiger partial charge < -0.3 is 20.3 Å². The highest BCUT2D eigenvalue weighted by atomic mass is 19.1. The number of pyridine rings is 1. The number of aromatic nitrogens is 3. The number of rotatable bonds is 8. The van der Waals surface area contributed by atoms with Crippen molar-refractivity contribution < 1.29 is 23.7 Å². The molecule has 0 aliphatic heterocycles. The van der Waals surface area contributed by atoms with Crippen molar-refractivity contribution in [2.24, 2.45) is 0 Å². The molecule has 0 spiro atoms. The van der Waals surface area contributed by atoms with Crippen LogP contribution >= 0.6 is 0 Å². The highest BCUT2D eigenvalue weighted by Crippen LogP contribution is 2.25. The molecule has 2 aromatic heterocycles. The average molecular weight is 420 g/mol. The number of ether oxygens (including phenoxy) is 1. The van der Waals surface area contributed by atoms with Gasteiger partial charge in [-0.2, -0.15) is 4.98 Å². The van der Waals surface area contributed by atoms with E-state index in [1.807, 2.05) is 6.92 Å². The molecule has 0 radical (unpaired) electrons. The summed E-state index contributed by atoms with van der Waals surface area (Å²) in [5.41, 5.74) is -0.413. The number of hydrogen-bond donors (Lipinski definition) is 3. The smallest absolute Gasteiger partial charge is 0.295 e. The van der Waals surface area contributed by atoms with Gasteiger partial charge in [-0.05, 0) is 31.5 Å². The molecule has 1 aromatic carbocycles. The third kappa shape index (κ3) is 4.71. The van der Waals surface area contributed by atoms with Crippen LogP contribution in [0.5, 0.6) is 11.5 Å². The molecule has 2 heterocycles. The molecule has 0 aliphatic rings. The predicted octanol–water partition coefficient (Wildman–Crippen LogP) is 2.43. The molecular weight excluding hydrogens is 398 g/mol. The molecule has 3 aromatic rings. The Labute approximate surface area is 170 Å². The zero-order valence-corrected chi connectivity index (χ0v) is 16.5. The molecule has 0 amide bonds. The van der Waals surface area contributed by atoms with Gasteiger partial charge >= 0.3 is 0 Å². The molecule has 0 unspecified atom stereocenters. The number of hydrogen-bond acceptors (Lipinski definition) is 7. The fraction of sp³-hybridized carbons (Fsp3) is 0.350. The number of nitrogens with one attached hydrogen (secondary N) is 1. The number of nitrogens with zero attached hydrogens (tertiary/aromatic N) is 3. The van der Waals surface area contributed by atoms with E-state index < -0.39 is 23.3 Å². The van der Waals surface area contributed by atoms with Crippen LogP contribution in [0.2, 0.25) is 0 Å².